The molecule has 0 fully saturated rings. The fourth-order valence-corrected chi connectivity index (χ4v) is 4.72. The molecule has 0 saturated carbocycles. The zero-order valence-corrected chi connectivity index (χ0v) is 16.1. The van der Waals surface area contributed by atoms with E-state index < -0.39 is 4.92 Å². The minimum atomic E-state index is -0.529. The summed E-state index contributed by atoms with van der Waals surface area (Å²) in [6, 6.07) is 3.66. The van der Waals surface area contributed by atoms with Crippen molar-refractivity contribution in [3.05, 3.63) is 37.9 Å². The number of hydrogen-bond acceptors (Lipinski definition) is 6. The normalized spacial score (nSPS) is 15.8. The van der Waals surface area contributed by atoms with E-state index in [-0.39, 0.29) is 18.1 Å². The van der Waals surface area contributed by atoms with Gasteiger partial charge in [-0.2, -0.15) is 9.94 Å². The van der Waals surface area contributed by atoms with Crippen LogP contribution < -0.4 is 5.32 Å². The third kappa shape index (κ3) is 4.17. The molecule has 2 aromatic heterocycles. The third-order valence-corrected chi connectivity index (χ3v) is 5.98. The summed E-state index contributed by atoms with van der Waals surface area (Å²) in [7, 11) is 0. The zero-order valence-electron chi connectivity index (χ0n) is 15.3. The minimum absolute atomic E-state index is 0.155. The Hall–Kier alpha value is -2.73. The van der Waals surface area contributed by atoms with Crippen LogP contribution in [0, 0.1) is 34.3 Å². The Kier molecular flexibility index (Phi) is 5.56. The first kappa shape index (κ1) is 19.0. The lowest BCUT2D eigenvalue weighted by atomic mass is 9.88. The summed E-state index contributed by atoms with van der Waals surface area (Å²) in [6.45, 7) is 4.38. The summed E-state index contributed by atoms with van der Waals surface area (Å²) in [5.74, 6) is 0.263. The lowest BCUT2D eigenvalue weighted by Crippen LogP contribution is -2.13. The SMILES string of the molecule is Cc1cc([N+](=O)[O-])nn1CCCC(=O)Nc1sc2c(c1C#N)CCC(C)C2. The number of hydrogen-bond donors (Lipinski definition) is 1. The molecule has 0 radical (unpaired) electrons. The van der Waals surface area contributed by atoms with Gasteiger partial charge in [0.1, 0.15) is 11.1 Å². The summed E-state index contributed by atoms with van der Waals surface area (Å²) in [5, 5.41) is 27.7. The van der Waals surface area contributed by atoms with Crippen molar-refractivity contribution < 1.29 is 9.72 Å². The summed E-state index contributed by atoms with van der Waals surface area (Å²) in [4.78, 5) is 23.7. The highest BCUT2D eigenvalue weighted by Crippen LogP contribution is 2.39. The van der Waals surface area contributed by atoms with Gasteiger partial charge in [0.05, 0.1) is 29.0 Å². The van der Waals surface area contributed by atoms with E-state index in [4.69, 9.17) is 0 Å². The van der Waals surface area contributed by atoms with Crippen molar-refractivity contribution in [3.8, 4) is 6.07 Å². The maximum absolute atomic E-state index is 12.3. The number of fused-ring (bicyclic) bond motifs is 1. The van der Waals surface area contributed by atoms with Gasteiger partial charge in [-0.3, -0.25) is 4.79 Å². The van der Waals surface area contributed by atoms with Crippen molar-refractivity contribution in [3.63, 3.8) is 0 Å². The molecule has 3 rings (SSSR count). The molecule has 1 aliphatic rings. The van der Waals surface area contributed by atoms with Gasteiger partial charge in [-0.05, 0) is 49.0 Å². The first-order chi connectivity index (χ1) is 12.9. The van der Waals surface area contributed by atoms with E-state index in [9.17, 15) is 20.2 Å². The van der Waals surface area contributed by atoms with Crippen LogP contribution in [0.1, 0.15) is 47.9 Å². The topological polar surface area (TPSA) is 114 Å². The van der Waals surface area contributed by atoms with Crippen molar-refractivity contribution in [2.75, 3.05) is 5.32 Å². The molecular weight excluding hydrogens is 366 g/mol. The zero-order chi connectivity index (χ0) is 19.6. The maximum atomic E-state index is 12.3. The van der Waals surface area contributed by atoms with Crippen LogP contribution in [-0.4, -0.2) is 20.6 Å². The third-order valence-electron chi connectivity index (χ3n) is 4.81. The van der Waals surface area contributed by atoms with E-state index in [2.05, 4.69) is 23.4 Å². The summed E-state index contributed by atoms with van der Waals surface area (Å²) in [6.07, 6.45) is 3.69. The average molecular weight is 387 g/mol. The molecule has 2 heterocycles. The highest BCUT2D eigenvalue weighted by atomic mass is 32.1. The predicted octanol–water partition coefficient (Wildman–Crippen LogP) is 3.58. The molecule has 9 heteroatoms. The number of aromatic nitrogens is 2. The molecule has 1 unspecified atom stereocenters. The Balaban J connectivity index is 1.59. The van der Waals surface area contributed by atoms with Gasteiger partial charge in [0, 0.05) is 11.3 Å². The molecule has 1 amide bonds. The Labute approximate surface area is 161 Å². The molecular formula is C18H21N5O3S. The molecule has 0 saturated heterocycles. The molecule has 27 heavy (non-hydrogen) atoms. The molecule has 1 N–H and O–H groups in total. The van der Waals surface area contributed by atoms with Crippen molar-refractivity contribution in [2.45, 2.75) is 52.5 Å². The molecule has 0 bridgehead atoms. The van der Waals surface area contributed by atoms with Crippen molar-refractivity contribution in [2.24, 2.45) is 5.92 Å². The lowest BCUT2D eigenvalue weighted by Gasteiger charge is -2.17. The van der Waals surface area contributed by atoms with Gasteiger partial charge < -0.3 is 15.4 Å². The monoisotopic (exact) mass is 387 g/mol. The van der Waals surface area contributed by atoms with Crippen molar-refractivity contribution >= 4 is 28.1 Å². The van der Waals surface area contributed by atoms with Crippen LogP contribution in [0.25, 0.3) is 0 Å². The molecule has 0 aliphatic heterocycles. The largest absolute Gasteiger partial charge is 0.390 e. The summed E-state index contributed by atoms with van der Waals surface area (Å²) >= 11 is 1.51. The van der Waals surface area contributed by atoms with Gasteiger partial charge in [0.25, 0.3) is 0 Å². The van der Waals surface area contributed by atoms with E-state index in [1.165, 1.54) is 27.0 Å². The van der Waals surface area contributed by atoms with Gasteiger partial charge in [-0.15, -0.1) is 11.3 Å². The van der Waals surface area contributed by atoms with E-state index in [1.54, 1.807) is 6.92 Å². The maximum Gasteiger partial charge on any atom is 0.390 e. The summed E-state index contributed by atoms with van der Waals surface area (Å²) in [5.41, 5.74) is 2.39. The Morgan fingerprint density at radius 2 is 2.37 bits per heavy atom. The number of anilines is 1. The fourth-order valence-electron chi connectivity index (χ4n) is 3.34. The first-order valence-electron chi connectivity index (χ1n) is 8.92. The Morgan fingerprint density at radius 1 is 1.59 bits per heavy atom. The van der Waals surface area contributed by atoms with Gasteiger partial charge in [-0.1, -0.05) is 6.92 Å². The number of thiophene rings is 1. The standard InChI is InChI=1S/C18H21N5O3S/c1-11-5-6-13-14(10-19)18(27-15(13)8-11)20-17(24)4-3-7-22-12(2)9-16(21-22)23(25)26/h9,11H,3-8H2,1-2H3,(H,20,24). The predicted molar refractivity (Wildman–Crippen MR) is 102 cm³/mol. The molecule has 8 nitrogen and oxygen atoms in total. The fraction of sp³-hybridized carbons (Fsp3) is 0.500. The van der Waals surface area contributed by atoms with Gasteiger partial charge in [0.15, 0.2) is 0 Å². The molecule has 0 aromatic carbocycles. The number of amides is 1. The highest BCUT2D eigenvalue weighted by Gasteiger charge is 2.24. The molecule has 1 atom stereocenters. The number of nitriles is 1. The van der Waals surface area contributed by atoms with E-state index in [0.717, 1.165) is 24.8 Å². The van der Waals surface area contributed by atoms with Crippen LogP contribution in [-0.2, 0) is 24.2 Å². The van der Waals surface area contributed by atoms with Crippen LogP contribution in [0.3, 0.4) is 0 Å². The Morgan fingerprint density at radius 3 is 3.04 bits per heavy atom. The molecule has 2 aromatic rings. The highest BCUT2D eigenvalue weighted by molar-refractivity contribution is 7.16. The van der Waals surface area contributed by atoms with Crippen molar-refractivity contribution in [1.29, 1.82) is 5.26 Å². The molecule has 1 aliphatic carbocycles. The van der Waals surface area contributed by atoms with Gasteiger partial charge >= 0.3 is 5.82 Å². The van der Waals surface area contributed by atoms with Crippen LogP contribution in [0.4, 0.5) is 10.8 Å². The summed E-state index contributed by atoms with van der Waals surface area (Å²) < 4.78 is 1.54. The number of carbonyl (C=O) groups is 1. The van der Waals surface area contributed by atoms with E-state index in [1.807, 2.05) is 0 Å². The first-order valence-corrected chi connectivity index (χ1v) is 9.74. The Bertz CT molecular complexity index is 924. The number of nitrogens with one attached hydrogen (secondary N) is 1. The smallest absolute Gasteiger partial charge is 0.358 e. The van der Waals surface area contributed by atoms with Gasteiger partial charge in [-0.25, -0.2) is 0 Å². The quantitative estimate of drug-likeness (QED) is 0.601. The second-order valence-electron chi connectivity index (χ2n) is 6.94. The van der Waals surface area contributed by atoms with Crippen LogP contribution >= 0.6 is 11.3 Å². The number of aryl methyl sites for hydroxylation is 2. The lowest BCUT2D eigenvalue weighted by molar-refractivity contribution is -0.389. The van der Waals surface area contributed by atoms with Crippen LogP contribution in [0.2, 0.25) is 0 Å². The van der Waals surface area contributed by atoms with E-state index >= 15 is 0 Å². The molecule has 0 spiro atoms. The second-order valence-corrected chi connectivity index (χ2v) is 8.05. The van der Waals surface area contributed by atoms with Crippen molar-refractivity contribution in [1.82, 2.24) is 9.78 Å². The number of nitro groups is 1. The van der Waals surface area contributed by atoms with Crippen LogP contribution in [0.15, 0.2) is 6.07 Å². The number of rotatable bonds is 6. The number of nitrogens with zero attached hydrogens (tertiary/aromatic N) is 4. The minimum Gasteiger partial charge on any atom is -0.358 e. The number of carbonyl (C=O) groups excluding carboxylic acids is 1. The molecule has 142 valence electrons. The van der Waals surface area contributed by atoms with Gasteiger partial charge in [0.2, 0.25) is 5.91 Å². The van der Waals surface area contributed by atoms with Crippen LogP contribution in [0.5, 0.6) is 0 Å². The average Bonchev–Trinajstić information content (AvgIpc) is 3.14. The second kappa shape index (κ2) is 7.88. The van der Waals surface area contributed by atoms with E-state index in [0.29, 0.717) is 35.1 Å².